The zero-order valence-corrected chi connectivity index (χ0v) is 15.2. The second-order valence-corrected chi connectivity index (χ2v) is 6.31. The van der Waals surface area contributed by atoms with Crippen molar-refractivity contribution >= 4 is 11.0 Å². The molecule has 0 aliphatic carbocycles. The molecule has 2 N–H and O–H groups in total. The summed E-state index contributed by atoms with van der Waals surface area (Å²) in [4.78, 5) is 8.75. The van der Waals surface area contributed by atoms with Crippen molar-refractivity contribution in [3.05, 3.63) is 59.8 Å². The van der Waals surface area contributed by atoms with Gasteiger partial charge in [-0.2, -0.15) is 10.2 Å². The van der Waals surface area contributed by atoms with Gasteiger partial charge < -0.3 is 9.84 Å². The van der Waals surface area contributed by atoms with Crippen LogP contribution >= 0.6 is 0 Å². The Balaban J connectivity index is 1.71. The van der Waals surface area contributed by atoms with E-state index in [1.807, 2.05) is 6.07 Å². The van der Waals surface area contributed by atoms with Crippen LogP contribution in [0.2, 0.25) is 0 Å². The summed E-state index contributed by atoms with van der Waals surface area (Å²) in [6.45, 7) is 0.634. The minimum absolute atomic E-state index is 0.230. The van der Waals surface area contributed by atoms with Gasteiger partial charge in [0, 0.05) is 31.9 Å². The lowest BCUT2D eigenvalue weighted by Gasteiger charge is -2.04. The van der Waals surface area contributed by atoms with Gasteiger partial charge in [-0.15, -0.1) is 0 Å². The summed E-state index contributed by atoms with van der Waals surface area (Å²) in [7, 11) is 1.57. The average Bonchev–Trinajstić information content (AvgIpc) is 3.33. The number of hydrogen-bond acceptors (Lipinski definition) is 6. The number of pyridine rings is 1. The summed E-state index contributed by atoms with van der Waals surface area (Å²) in [5.41, 5.74) is 1.63. The van der Waals surface area contributed by atoms with Crippen molar-refractivity contribution < 1.29 is 14.2 Å². The van der Waals surface area contributed by atoms with Crippen molar-refractivity contribution in [2.75, 3.05) is 13.7 Å². The van der Waals surface area contributed by atoms with Gasteiger partial charge >= 0.3 is 0 Å². The molecule has 4 rings (SSSR count). The fourth-order valence-corrected chi connectivity index (χ4v) is 2.97. The first-order valence-electron chi connectivity index (χ1n) is 8.82. The van der Waals surface area contributed by atoms with Crippen LogP contribution in [-0.4, -0.2) is 48.8 Å². The summed E-state index contributed by atoms with van der Waals surface area (Å²) >= 11 is 0. The van der Waals surface area contributed by atoms with E-state index in [2.05, 4.69) is 25.3 Å². The van der Waals surface area contributed by atoms with E-state index in [0.29, 0.717) is 41.6 Å². The lowest BCUT2D eigenvalue weighted by atomic mass is 10.2. The molecule has 0 spiro atoms. The lowest BCUT2D eigenvalue weighted by molar-refractivity contribution is 0.105. The first kappa shape index (κ1) is 18.2. The molecular weight excluding hydrogens is 363 g/mol. The van der Waals surface area contributed by atoms with E-state index >= 15 is 0 Å². The third-order valence-corrected chi connectivity index (χ3v) is 4.41. The molecule has 4 aromatic rings. The normalized spacial score (nSPS) is 12.5. The maximum Gasteiger partial charge on any atom is 0.202 e. The highest BCUT2D eigenvalue weighted by atomic mass is 19.1. The average molecular weight is 382 g/mol. The highest BCUT2D eigenvalue weighted by Gasteiger charge is 2.20. The molecule has 3 aromatic heterocycles. The Morgan fingerprint density at radius 1 is 1.25 bits per heavy atom. The van der Waals surface area contributed by atoms with E-state index in [0.717, 1.165) is 5.39 Å². The third-order valence-electron chi connectivity index (χ3n) is 4.41. The zero-order valence-electron chi connectivity index (χ0n) is 15.2. The quantitative estimate of drug-likeness (QED) is 0.509. The zero-order chi connectivity index (χ0) is 19.5. The third kappa shape index (κ3) is 3.49. The predicted octanol–water partition coefficient (Wildman–Crippen LogP) is 2.47. The van der Waals surface area contributed by atoms with E-state index in [1.165, 1.54) is 6.07 Å². The van der Waals surface area contributed by atoms with Crippen molar-refractivity contribution in [3.8, 4) is 11.5 Å². The number of H-pyrrole nitrogens is 1. The number of aromatic nitrogens is 6. The highest BCUT2D eigenvalue weighted by molar-refractivity contribution is 5.89. The van der Waals surface area contributed by atoms with Crippen molar-refractivity contribution in [1.82, 2.24) is 29.9 Å². The molecule has 9 heteroatoms. The molecule has 1 atom stereocenters. The Kier molecular flexibility index (Phi) is 5.09. The number of ether oxygens (including phenoxy) is 1. The van der Waals surface area contributed by atoms with Crippen LogP contribution in [0.25, 0.3) is 22.6 Å². The molecule has 0 aliphatic rings. The van der Waals surface area contributed by atoms with Crippen LogP contribution in [0.15, 0.2) is 42.6 Å². The van der Waals surface area contributed by atoms with E-state index in [4.69, 9.17) is 4.74 Å². The number of nitrogens with zero attached hydrogens (tertiary/aromatic N) is 5. The summed E-state index contributed by atoms with van der Waals surface area (Å²) < 4.78 is 20.7. The molecule has 0 fully saturated rings. The van der Waals surface area contributed by atoms with Crippen molar-refractivity contribution in [1.29, 1.82) is 0 Å². The molecule has 0 aliphatic heterocycles. The Morgan fingerprint density at radius 2 is 2.11 bits per heavy atom. The van der Waals surface area contributed by atoms with Gasteiger partial charge in [-0.05, 0) is 18.2 Å². The van der Waals surface area contributed by atoms with Crippen LogP contribution in [0.1, 0.15) is 23.9 Å². The van der Waals surface area contributed by atoms with E-state index in [-0.39, 0.29) is 12.4 Å². The van der Waals surface area contributed by atoms with Crippen molar-refractivity contribution in [3.63, 3.8) is 0 Å². The van der Waals surface area contributed by atoms with Gasteiger partial charge in [-0.3, -0.25) is 5.10 Å². The number of aromatic amines is 1. The minimum atomic E-state index is -0.814. The van der Waals surface area contributed by atoms with Gasteiger partial charge in [-0.25, -0.2) is 19.0 Å². The van der Waals surface area contributed by atoms with Gasteiger partial charge in [0.15, 0.2) is 11.5 Å². The fraction of sp³-hybridized carbons (Fsp3) is 0.263. The van der Waals surface area contributed by atoms with Gasteiger partial charge in [0.2, 0.25) is 5.82 Å². The number of fused-ring (bicyclic) bond motifs is 1. The number of aliphatic hydroxyl groups is 1. The van der Waals surface area contributed by atoms with Crippen LogP contribution in [0.4, 0.5) is 4.39 Å². The monoisotopic (exact) mass is 382 g/mol. The molecule has 1 aromatic carbocycles. The SMILES string of the molecule is COCCC(O)c1nc(-c2nn(Cc3ccccc3F)c3ncccc23)n[nH]1. The Labute approximate surface area is 160 Å². The van der Waals surface area contributed by atoms with Crippen LogP contribution in [0.3, 0.4) is 0 Å². The first-order chi connectivity index (χ1) is 13.7. The number of rotatable bonds is 7. The largest absolute Gasteiger partial charge is 0.385 e. The highest BCUT2D eigenvalue weighted by Crippen LogP contribution is 2.26. The molecule has 0 radical (unpaired) electrons. The Bertz CT molecular complexity index is 1090. The number of nitrogens with one attached hydrogen (secondary N) is 1. The number of methoxy groups -OCH3 is 1. The maximum absolute atomic E-state index is 14.1. The molecule has 1 unspecified atom stereocenters. The molecule has 8 nitrogen and oxygen atoms in total. The number of aliphatic hydroxyl groups excluding tert-OH is 1. The van der Waals surface area contributed by atoms with Crippen molar-refractivity contribution in [2.45, 2.75) is 19.1 Å². The fourth-order valence-electron chi connectivity index (χ4n) is 2.97. The molecule has 0 amide bonds. The summed E-state index contributed by atoms with van der Waals surface area (Å²) in [6, 6.07) is 10.2. The summed E-state index contributed by atoms with van der Waals surface area (Å²) in [5.74, 6) is 0.384. The van der Waals surface area contributed by atoms with Crippen LogP contribution in [0, 0.1) is 5.82 Å². The van der Waals surface area contributed by atoms with E-state index in [9.17, 15) is 9.50 Å². The van der Waals surface area contributed by atoms with Gasteiger partial charge in [0.1, 0.15) is 17.6 Å². The summed E-state index contributed by atoms with van der Waals surface area (Å²) in [5, 5.41) is 22.4. The molecule has 144 valence electrons. The molecule has 0 bridgehead atoms. The molecule has 3 heterocycles. The Morgan fingerprint density at radius 3 is 2.93 bits per heavy atom. The second-order valence-electron chi connectivity index (χ2n) is 6.31. The first-order valence-corrected chi connectivity index (χ1v) is 8.82. The predicted molar refractivity (Wildman–Crippen MR) is 99.9 cm³/mol. The molecule has 0 saturated heterocycles. The van der Waals surface area contributed by atoms with Crippen LogP contribution in [-0.2, 0) is 11.3 Å². The minimum Gasteiger partial charge on any atom is -0.385 e. The van der Waals surface area contributed by atoms with E-state index in [1.54, 1.807) is 42.3 Å². The lowest BCUT2D eigenvalue weighted by Crippen LogP contribution is -2.04. The van der Waals surface area contributed by atoms with Gasteiger partial charge in [0.05, 0.1) is 11.9 Å². The van der Waals surface area contributed by atoms with Crippen LogP contribution < -0.4 is 0 Å². The Hall–Kier alpha value is -3.17. The maximum atomic E-state index is 14.1. The van der Waals surface area contributed by atoms with Gasteiger partial charge in [-0.1, -0.05) is 18.2 Å². The molecule has 0 saturated carbocycles. The standard InChI is InChI=1S/C19H19FN6O2/c1-28-10-8-15(27)17-22-18(24-23-17)16-13-6-4-9-21-19(13)26(25-16)11-12-5-2-3-7-14(12)20/h2-7,9,15,27H,8,10-11H2,1H3,(H,22,23,24). The van der Waals surface area contributed by atoms with Crippen molar-refractivity contribution in [2.24, 2.45) is 0 Å². The smallest absolute Gasteiger partial charge is 0.202 e. The van der Waals surface area contributed by atoms with Crippen LogP contribution in [0.5, 0.6) is 0 Å². The second kappa shape index (κ2) is 7.83. The number of benzene rings is 1. The van der Waals surface area contributed by atoms with E-state index < -0.39 is 6.10 Å². The van der Waals surface area contributed by atoms with Gasteiger partial charge in [0.25, 0.3) is 0 Å². The molecule has 28 heavy (non-hydrogen) atoms. The summed E-state index contributed by atoms with van der Waals surface area (Å²) in [6.07, 6.45) is 1.24. The number of halogens is 1. The topological polar surface area (TPSA) is 102 Å². The molecular formula is C19H19FN6O2. The number of hydrogen-bond donors (Lipinski definition) is 2.